The summed E-state index contributed by atoms with van der Waals surface area (Å²) < 4.78 is 5.32. The van der Waals surface area contributed by atoms with Gasteiger partial charge in [0.25, 0.3) is 0 Å². The van der Waals surface area contributed by atoms with E-state index in [1.807, 2.05) is 0 Å². The summed E-state index contributed by atoms with van der Waals surface area (Å²) in [5.41, 5.74) is 6.56. The second-order valence-corrected chi connectivity index (χ2v) is 7.43. The Hall–Kier alpha value is -0.120. The number of hydrogen-bond donors (Lipinski definition) is 1. The van der Waals surface area contributed by atoms with Gasteiger partial charge in [-0.05, 0) is 56.4 Å². The lowest BCUT2D eigenvalue weighted by Gasteiger charge is -2.44. The molecule has 3 nitrogen and oxygen atoms in total. The predicted molar refractivity (Wildman–Crippen MR) is 84.8 cm³/mol. The summed E-state index contributed by atoms with van der Waals surface area (Å²) in [7, 11) is 1.81. The standard InChI is InChI=1S/C17H34N2O/c1-14-6-8-17(12-18,9-7-14)13-19(10-11-20-3)15(2)16-4-5-16/h14-16H,4-13,18H2,1-3H3. The second kappa shape index (κ2) is 7.24. The van der Waals surface area contributed by atoms with Crippen molar-refractivity contribution < 1.29 is 4.74 Å². The lowest BCUT2D eigenvalue weighted by atomic mass is 9.70. The maximum absolute atomic E-state index is 6.19. The molecule has 0 radical (unpaired) electrons. The zero-order valence-corrected chi connectivity index (χ0v) is 13.7. The minimum absolute atomic E-state index is 0.364. The van der Waals surface area contributed by atoms with Crippen molar-refractivity contribution in [1.29, 1.82) is 0 Å². The fraction of sp³-hybridized carbons (Fsp3) is 1.00. The molecule has 3 heteroatoms. The van der Waals surface area contributed by atoms with Crippen LogP contribution in [0.2, 0.25) is 0 Å². The number of ether oxygens (including phenoxy) is 1. The first kappa shape index (κ1) is 16.3. The zero-order chi connectivity index (χ0) is 14.6. The third kappa shape index (κ3) is 4.19. The average Bonchev–Trinajstić information content (AvgIpc) is 3.30. The maximum Gasteiger partial charge on any atom is 0.0589 e. The van der Waals surface area contributed by atoms with E-state index in [4.69, 9.17) is 10.5 Å². The number of nitrogens with zero attached hydrogens (tertiary/aromatic N) is 1. The first-order valence-corrected chi connectivity index (χ1v) is 8.53. The molecular formula is C17H34N2O. The summed E-state index contributed by atoms with van der Waals surface area (Å²) in [6.07, 6.45) is 8.16. The van der Waals surface area contributed by atoms with E-state index in [9.17, 15) is 0 Å². The van der Waals surface area contributed by atoms with Crippen LogP contribution in [0.4, 0.5) is 0 Å². The minimum atomic E-state index is 0.364. The summed E-state index contributed by atoms with van der Waals surface area (Å²) in [5.74, 6) is 1.81. The van der Waals surface area contributed by atoms with E-state index in [0.29, 0.717) is 11.5 Å². The molecule has 0 amide bonds. The molecule has 1 unspecified atom stereocenters. The topological polar surface area (TPSA) is 38.5 Å². The summed E-state index contributed by atoms with van der Waals surface area (Å²) in [6, 6.07) is 0.702. The normalized spacial score (nSPS) is 32.5. The highest BCUT2D eigenvalue weighted by atomic mass is 16.5. The Morgan fingerprint density at radius 3 is 2.40 bits per heavy atom. The van der Waals surface area contributed by atoms with Crippen molar-refractivity contribution in [2.75, 3.05) is 33.4 Å². The predicted octanol–water partition coefficient (Wildman–Crippen LogP) is 2.89. The molecule has 0 aromatic carbocycles. The van der Waals surface area contributed by atoms with Gasteiger partial charge in [0.2, 0.25) is 0 Å². The zero-order valence-electron chi connectivity index (χ0n) is 13.7. The fourth-order valence-electron chi connectivity index (χ4n) is 3.74. The van der Waals surface area contributed by atoms with E-state index in [0.717, 1.165) is 31.5 Å². The Kier molecular flexibility index (Phi) is 5.88. The highest BCUT2D eigenvalue weighted by Crippen LogP contribution is 2.41. The fourth-order valence-corrected chi connectivity index (χ4v) is 3.74. The van der Waals surface area contributed by atoms with E-state index < -0.39 is 0 Å². The van der Waals surface area contributed by atoms with Crippen molar-refractivity contribution in [2.45, 2.75) is 58.4 Å². The molecule has 2 aliphatic rings. The molecule has 118 valence electrons. The third-order valence-corrected chi connectivity index (χ3v) is 5.77. The van der Waals surface area contributed by atoms with Gasteiger partial charge in [-0.3, -0.25) is 4.90 Å². The largest absolute Gasteiger partial charge is 0.383 e. The van der Waals surface area contributed by atoms with Gasteiger partial charge < -0.3 is 10.5 Å². The van der Waals surface area contributed by atoms with Crippen molar-refractivity contribution in [2.24, 2.45) is 23.0 Å². The highest BCUT2D eigenvalue weighted by Gasteiger charge is 2.38. The Morgan fingerprint density at radius 1 is 1.25 bits per heavy atom. The van der Waals surface area contributed by atoms with Gasteiger partial charge in [0.15, 0.2) is 0 Å². The van der Waals surface area contributed by atoms with Crippen LogP contribution in [0.5, 0.6) is 0 Å². The average molecular weight is 282 g/mol. The van der Waals surface area contributed by atoms with E-state index in [-0.39, 0.29) is 0 Å². The van der Waals surface area contributed by atoms with Crippen LogP contribution in [0.3, 0.4) is 0 Å². The third-order valence-electron chi connectivity index (χ3n) is 5.77. The molecule has 2 N–H and O–H groups in total. The number of hydrogen-bond acceptors (Lipinski definition) is 3. The van der Waals surface area contributed by atoms with Crippen LogP contribution in [0, 0.1) is 17.3 Å². The SMILES string of the molecule is COCCN(CC1(CN)CCC(C)CC1)C(C)C1CC1. The number of nitrogens with two attached hydrogens (primary N) is 1. The van der Waals surface area contributed by atoms with E-state index in [2.05, 4.69) is 18.7 Å². The van der Waals surface area contributed by atoms with Crippen molar-refractivity contribution >= 4 is 0 Å². The summed E-state index contributed by atoms with van der Waals surface area (Å²) in [4.78, 5) is 2.67. The highest BCUT2D eigenvalue weighted by molar-refractivity contribution is 4.92. The van der Waals surface area contributed by atoms with Crippen LogP contribution in [0.1, 0.15) is 52.4 Å². The van der Waals surface area contributed by atoms with Crippen LogP contribution in [-0.2, 0) is 4.74 Å². The summed E-state index contributed by atoms with van der Waals surface area (Å²) >= 11 is 0. The molecule has 0 aliphatic heterocycles. The molecule has 0 aromatic rings. The second-order valence-electron chi connectivity index (χ2n) is 7.43. The van der Waals surface area contributed by atoms with Gasteiger partial charge in [-0.1, -0.05) is 19.8 Å². The van der Waals surface area contributed by atoms with Crippen LogP contribution < -0.4 is 5.73 Å². The molecule has 2 fully saturated rings. The molecule has 0 spiro atoms. The van der Waals surface area contributed by atoms with Crippen molar-refractivity contribution in [3.63, 3.8) is 0 Å². The van der Waals surface area contributed by atoms with Gasteiger partial charge in [-0.15, -0.1) is 0 Å². The Balaban J connectivity index is 1.96. The molecule has 0 aromatic heterocycles. The van der Waals surface area contributed by atoms with E-state index in [1.54, 1.807) is 7.11 Å². The minimum Gasteiger partial charge on any atom is -0.383 e. The van der Waals surface area contributed by atoms with Crippen molar-refractivity contribution in [1.82, 2.24) is 4.90 Å². The molecule has 2 aliphatic carbocycles. The van der Waals surface area contributed by atoms with Gasteiger partial charge in [0.05, 0.1) is 6.61 Å². The maximum atomic E-state index is 6.19. The lowest BCUT2D eigenvalue weighted by molar-refractivity contribution is 0.0481. The molecular weight excluding hydrogens is 248 g/mol. The van der Waals surface area contributed by atoms with Gasteiger partial charge in [0.1, 0.15) is 0 Å². The smallest absolute Gasteiger partial charge is 0.0589 e. The quantitative estimate of drug-likeness (QED) is 0.744. The van der Waals surface area contributed by atoms with Crippen LogP contribution in [0.15, 0.2) is 0 Å². The van der Waals surface area contributed by atoms with Crippen LogP contribution in [0.25, 0.3) is 0 Å². The number of methoxy groups -OCH3 is 1. The molecule has 0 heterocycles. The molecule has 2 rings (SSSR count). The van der Waals surface area contributed by atoms with Gasteiger partial charge in [-0.2, -0.15) is 0 Å². The van der Waals surface area contributed by atoms with Gasteiger partial charge in [0, 0.05) is 26.2 Å². The summed E-state index contributed by atoms with van der Waals surface area (Å²) in [5, 5.41) is 0. The monoisotopic (exact) mass is 282 g/mol. The summed E-state index contributed by atoms with van der Waals surface area (Å²) in [6.45, 7) is 8.72. The Labute approximate surface area is 125 Å². The number of rotatable bonds is 8. The lowest BCUT2D eigenvalue weighted by Crippen LogP contribution is -2.49. The van der Waals surface area contributed by atoms with E-state index in [1.165, 1.54) is 45.1 Å². The van der Waals surface area contributed by atoms with Crippen molar-refractivity contribution in [3.8, 4) is 0 Å². The Bertz CT molecular complexity index is 283. The Morgan fingerprint density at radius 2 is 1.90 bits per heavy atom. The van der Waals surface area contributed by atoms with Gasteiger partial charge >= 0.3 is 0 Å². The van der Waals surface area contributed by atoms with Crippen molar-refractivity contribution in [3.05, 3.63) is 0 Å². The van der Waals surface area contributed by atoms with Crippen LogP contribution >= 0.6 is 0 Å². The first-order chi connectivity index (χ1) is 9.60. The molecule has 0 saturated heterocycles. The molecule has 20 heavy (non-hydrogen) atoms. The van der Waals surface area contributed by atoms with Gasteiger partial charge in [-0.25, -0.2) is 0 Å². The van der Waals surface area contributed by atoms with E-state index >= 15 is 0 Å². The molecule has 0 bridgehead atoms. The van der Waals surface area contributed by atoms with Crippen LogP contribution in [-0.4, -0.2) is 44.3 Å². The first-order valence-electron chi connectivity index (χ1n) is 8.53. The molecule has 1 atom stereocenters. The molecule has 2 saturated carbocycles.